The Morgan fingerprint density at radius 2 is 0.786 bits per heavy atom. The molecule has 0 saturated heterocycles. The first-order valence-corrected chi connectivity index (χ1v) is 17.4. The lowest BCUT2D eigenvalue weighted by Crippen LogP contribution is -2.21. The van der Waals surface area contributed by atoms with Crippen molar-refractivity contribution in [3.8, 4) is 0 Å². The van der Waals surface area contributed by atoms with E-state index in [-0.39, 0.29) is 0 Å². The van der Waals surface area contributed by atoms with E-state index >= 15 is 0 Å². The van der Waals surface area contributed by atoms with Crippen LogP contribution in [0.25, 0.3) is 0 Å². The Morgan fingerprint density at radius 1 is 0.500 bits per heavy atom. The van der Waals surface area contributed by atoms with Crippen molar-refractivity contribution >= 4 is 18.5 Å². The van der Waals surface area contributed by atoms with E-state index in [1.165, 1.54) is 134 Å². The van der Waals surface area contributed by atoms with Gasteiger partial charge in [0.25, 0.3) is 0 Å². The Hall–Kier alpha value is 0.507. The second-order valence-electron chi connectivity index (χ2n) is 10.0. The maximum atomic E-state index is 6.71. The molecule has 0 aromatic carbocycles. The SMILES string of the molecule is CCCCCCCCCCCCC(CCCCCCCCCC)C[Si](C)(C)Cl. The Bertz CT molecular complexity index is 297. The van der Waals surface area contributed by atoms with Gasteiger partial charge in [0.05, 0.1) is 0 Å². The van der Waals surface area contributed by atoms with Crippen LogP contribution < -0.4 is 0 Å². The standard InChI is InChI=1S/C26H55ClSi/c1-5-7-9-11-13-15-16-18-20-22-24-26(25-28(3,4)27)23-21-19-17-14-12-10-8-6-2/h26H,5-25H2,1-4H3. The molecule has 0 fully saturated rings. The fourth-order valence-electron chi connectivity index (χ4n) is 4.52. The van der Waals surface area contributed by atoms with Gasteiger partial charge in [-0.3, -0.25) is 0 Å². The van der Waals surface area contributed by atoms with E-state index in [0.717, 1.165) is 5.92 Å². The summed E-state index contributed by atoms with van der Waals surface area (Å²) in [4.78, 5) is 0. The lowest BCUT2D eigenvalue weighted by molar-refractivity contribution is 0.427. The molecule has 1 unspecified atom stereocenters. The largest absolute Gasteiger partial charge is 0.168 e. The predicted molar refractivity (Wildman–Crippen MR) is 135 cm³/mol. The van der Waals surface area contributed by atoms with Gasteiger partial charge in [-0.1, -0.05) is 155 Å². The van der Waals surface area contributed by atoms with Crippen molar-refractivity contribution in [3.63, 3.8) is 0 Å². The highest BCUT2D eigenvalue weighted by atomic mass is 35.6. The molecular weight excluding hydrogens is 376 g/mol. The van der Waals surface area contributed by atoms with Gasteiger partial charge in [0.2, 0.25) is 0 Å². The van der Waals surface area contributed by atoms with Gasteiger partial charge in [-0.15, -0.1) is 0 Å². The summed E-state index contributed by atoms with van der Waals surface area (Å²) in [5.41, 5.74) is 0. The Balaban J connectivity index is 3.71. The first-order chi connectivity index (χ1) is 13.5. The van der Waals surface area contributed by atoms with Gasteiger partial charge < -0.3 is 0 Å². The summed E-state index contributed by atoms with van der Waals surface area (Å²) in [6, 6.07) is 1.34. The van der Waals surface area contributed by atoms with Crippen LogP contribution in [0.15, 0.2) is 0 Å². The van der Waals surface area contributed by atoms with Gasteiger partial charge >= 0.3 is 0 Å². The molecule has 0 saturated carbocycles. The minimum atomic E-state index is -1.44. The second-order valence-corrected chi connectivity index (χ2v) is 16.9. The van der Waals surface area contributed by atoms with Gasteiger partial charge in [0, 0.05) is 0 Å². The minimum absolute atomic E-state index is 0.910. The zero-order valence-corrected chi connectivity index (χ0v) is 22.1. The summed E-state index contributed by atoms with van der Waals surface area (Å²) < 4.78 is 0. The van der Waals surface area contributed by atoms with Crippen molar-refractivity contribution in [1.82, 2.24) is 0 Å². The van der Waals surface area contributed by atoms with Gasteiger partial charge in [-0.2, -0.15) is 11.1 Å². The molecule has 0 amide bonds. The summed E-state index contributed by atoms with van der Waals surface area (Å²) >= 11 is 6.71. The summed E-state index contributed by atoms with van der Waals surface area (Å²) in [6.45, 7) is 9.29. The van der Waals surface area contributed by atoms with Gasteiger partial charge in [-0.25, -0.2) is 0 Å². The molecule has 2 heteroatoms. The zero-order chi connectivity index (χ0) is 20.9. The average molecular weight is 431 g/mol. The van der Waals surface area contributed by atoms with E-state index in [0.29, 0.717) is 0 Å². The minimum Gasteiger partial charge on any atom is -0.168 e. The van der Waals surface area contributed by atoms with Crippen LogP contribution in [-0.2, 0) is 0 Å². The Morgan fingerprint density at radius 3 is 1.07 bits per heavy atom. The summed E-state index contributed by atoms with van der Waals surface area (Å²) in [6.07, 6.45) is 28.8. The van der Waals surface area contributed by atoms with Crippen molar-refractivity contribution in [1.29, 1.82) is 0 Å². The lowest BCUT2D eigenvalue weighted by Gasteiger charge is -2.23. The number of rotatable bonds is 22. The van der Waals surface area contributed by atoms with Crippen molar-refractivity contribution in [3.05, 3.63) is 0 Å². The number of unbranched alkanes of at least 4 members (excludes halogenated alkanes) is 16. The molecule has 0 rings (SSSR count). The van der Waals surface area contributed by atoms with Gasteiger partial charge in [0.1, 0.15) is 0 Å². The molecule has 170 valence electrons. The highest BCUT2D eigenvalue weighted by Crippen LogP contribution is 2.29. The van der Waals surface area contributed by atoms with Gasteiger partial charge in [0.15, 0.2) is 7.38 Å². The molecule has 0 aliphatic heterocycles. The molecule has 0 heterocycles. The van der Waals surface area contributed by atoms with Crippen LogP contribution in [0.3, 0.4) is 0 Å². The Labute approximate surface area is 185 Å². The highest BCUT2D eigenvalue weighted by Gasteiger charge is 2.22. The van der Waals surface area contributed by atoms with E-state index in [1.54, 1.807) is 0 Å². The van der Waals surface area contributed by atoms with Crippen LogP contribution in [0.4, 0.5) is 0 Å². The van der Waals surface area contributed by atoms with E-state index in [2.05, 4.69) is 26.9 Å². The molecule has 0 radical (unpaired) electrons. The van der Waals surface area contributed by atoms with Crippen molar-refractivity contribution in [2.75, 3.05) is 0 Å². The van der Waals surface area contributed by atoms with Crippen LogP contribution in [0.1, 0.15) is 142 Å². The van der Waals surface area contributed by atoms with Crippen molar-refractivity contribution in [2.45, 2.75) is 161 Å². The van der Waals surface area contributed by atoms with Gasteiger partial charge in [-0.05, 0) is 12.0 Å². The molecule has 0 nitrogen and oxygen atoms in total. The molecule has 0 aliphatic carbocycles. The number of hydrogen-bond acceptors (Lipinski definition) is 0. The normalized spacial score (nSPS) is 13.2. The molecule has 0 bridgehead atoms. The maximum absolute atomic E-state index is 6.71. The summed E-state index contributed by atoms with van der Waals surface area (Å²) in [5.74, 6) is 0.910. The third kappa shape index (κ3) is 22.8. The smallest absolute Gasteiger partial charge is 0.150 e. The zero-order valence-electron chi connectivity index (χ0n) is 20.3. The van der Waals surface area contributed by atoms with E-state index in [9.17, 15) is 0 Å². The van der Waals surface area contributed by atoms with Crippen LogP contribution in [0.2, 0.25) is 19.1 Å². The van der Waals surface area contributed by atoms with E-state index in [1.807, 2.05) is 0 Å². The Kier molecular flexibility index (Phi) is 21.1. The highest BCUT2D eigenvalue weighted by molar-refractivity contribution is 7.19. The molecule has 28 heavy (non-hydrogen) atoms. The first kappa shape index (κ1) is 28.5. The monoisotopic (exact) mass is 430 g/mol. The van der Waals surface area contributed by atoms with Crippen LogP contribution in [-0.4, -0.2) is 7.38 Å². The molecular formula is C26H55ClSi. The van der Waals surface area contributed by atoms with Crippen LogP contribution in [0.5, 0.6) is 0 Å². The van der Waals surface area contributed by atoms with Crippen LogP contribution in [0, 0.1) is 5.92 Å². The lowest BCUT2D eigenvalue weighted by atomic mass is 9.95. The molecule has 0 aromatic heterocycles. The fourth-order valence-corrected chi connectivity index (χ4v) is 6.96. The van der Waals surface area contributed by atoms with Crippen molar-refractivity contribution in [2.24, 2.45) is 5.92 Å². The number of halogens is 1. The molecule has 0 aliphatic rings. The molecule has 0 N–H and O–H groups in total. The average Bonchev–Trinajstić information content (AvgIpc) is 2.64. The van der Waals surface area contributed by atoms with E-state index in [4.69, 9.17) is 11.1 Å². The molecule has 0 spiro atoms. The maximum Gasteiger partial charge on any atom is 0.150 e. The first-order valence-electron chi connectivity index (χ1n) is 13.2. The topological polar surface area (TPSA) is 0 Å². The number of hydrogen-bond donors (Lipinski definition) is 0. The van der Waals surface area contributed by atoms with Crippen LogP contribution >= 0.6 is 11.1 Å². The quantitative estimate of drug-likeness (QED) is 0.0908. The van der Waals surface area contributed by atoms with E-state index < -0.39 is 7.38 Å². The predicted octanol–water partition coefficient (Wildman–Crippen LogP) is 10.9. The summed E-state index contributed by atoms with van der Waals surface area (Å²) in [7, 11) is -1.44. The third-order valence-electron chi connectivity index (χ3n) is 6.21. The second kappa shape index (κ2) is 20.8. The third-order valence-corrected chi connectivity index (χ3v) is 8.22. The molecule has 0 aromatic rings. The fraction of sp³-hybridized carbons (Fsp3) is 1.00. The molecule has 1 atom stereocenters. The summed E-state index contributed by atoms with van der Waals surface area (Å²) in [5, 5.41) is 0. The van der Waals surface area contributed by atoms with Crippen molar-refractivity contribution < 1.29 is 0 Å².